The molecule has 0 heterocycles. The Bertz CT molecular complexity index is 1840. The van der Waals surface area contributed by atoms with Crippen LogP contribution in [0.5, 0.6) is 0 Å². The van der Waals surface area contributed by atoms with Crippen LogP contribution >= 0.6 is 15.6 Å². The Kier molecular flexibility index (Phi) is 64.3. The quantitative estimate of drug-likeness (QED) is 0.0222. The van der Waals surface area contributed by atoms with E-state index >= 15 is 0 Å². The van der Waals surface area contributed by atoms with E-state index in [1.165, 1.54) is 186 Å². The first-order valence-electron chi connectivity index (χ1n) is 38.9. The highest BCUT2D eigenvalue weighted by Crippen LogP contribution is 2.45. The fourth-order valence-corrected chi connectivity index (χ4v) is 13.0. The van der Waals surface area contributed by atoms with E-state index in [0.717, 1.165) is 108 Å². The monoisotopic (exact) mass is 1380 g/mol. The fourth-order valence-electron chi connectivity index (χ4n) is 11.4. The first-order valence-corrected chi connectivity index (χ1v) is 41.9. The molecule has 0 fully saturated rings. The molecule has 0 radical (unpaired) electrons. The lowest BCUT2D eigenvalue weighted by atomic mass is 9.99. The number of aliphatic hydroxyl groups is 1. The number of phosphoric acid groups is 2. The zero-order valence-electron chi connectivity index (χ0n) is 61.4. The molecule has 3 unspecified atom stereocenters. The zero-order chi connectivity index (χ0) is 69.4. The van der Waals surface area contributed by atoms with Gasteiger partial charge < -0.3 is 33.8 Å². The summed E-state index contributed by atoms with van der Waals surface area (Å²) < 4.78 is 68.5. The van der Waals surface area contributed by atoms with E-state index in [2.05, 4.69) is 48.5 Å². The number of rotatable bonds is 73. The number of carbonyl (C=O) groups excluding carboxylic acids is 4. The molecule has 0 saturated carbocycles. The van der Waals surface area contributed by atoms with Crippen LogP contribution in [-0.4, -0.2) is 96.7 Å². The maximum atomic E-state index is 13.1. The van der Waals surface area contributed by atoms with E-state index in [-0.39, 0.29) is 25.7 Å². The van der Waals surface area contributed by atoms with Crippen LogP contribution in [-0.2, 0) is 65.4 Å². The van der Waals surface area contributed by atoms with Gasteiger partial charge in [-0.15, -0.1) is 0 Å². The molecule has 0 rings (SSSR count). The Balaban J connectivity index is 5.25. The summed E-state index contributed by atoms with van der Waals surface area (Å²) in [6.07, 6.45) is 51.4. The minimum atomic E-state index is -4.96. The van der Waals surface area contributed by atoms with Crippen molar-refractivity contribution in [2.24, 2.45) is 17.8 Å². The lowest BCUT2D eigenvalue weighted by Crippen LogP contribution is -2.30. The molecule has 17 nitrogen and oxygen atoms in total. The smallest absolute Gasteiger partial charge is 0.462 e. The maximum Gasteiger partial charge on any atom is 0.472 e. The Morgan fingerprint density at radius 2 is 0.543 bits per heavy atom. The van der Waals surface area contributed by atoms with Crippen molar-refractivity contribution in [3.05, 3.63) is 0 Å². The highest BCUT2D eigenvalue weighted by molar-refractivity contribution is 7.47. The molecule has 0 spiro atoms. The van der Waals surface area contributed by atoms with Crippen molar-refractivity contribution >= 4 is 39.5 Å². The number of aliphatic hydroxyl groups excluding tert-OH is 1. The van der Waals surface area contributed by atoms with E-state index in [4.69, 9.17) is 37.0 Å². The Morgan fingerprint density at radius 1 is 0.309 bits per heavy atom. The number of unbranched alkanes of at least 4 members (excludes halogenated alkanes) is 40. The SMILES string of the molecule is CCCCCCCCCCCCCCCCCCCCC(=O)O[C@H](COC(=O)CCCCCCCCCCCCCC(C)C)COP(=O)(O)OC[C@@H](O)COP(=O)(O)OC[C@@H](COC(=O)CCCCCCCCCC(C)C)OC(=O)CCCCCCCCCCC(C)CC. The fraction of sp³-hybridized carbons (Fsp3) is 0.947. The van der Waals surface area contributed by atoms with Crippen LogP contribution in [0.25, 0.3) is 0 Å². The van der Waals surface area contributed by atoms with Gasteiger partial charge in [0.1, 0.15) is 19.3 Å². The normalized spacial score (nSPS) is 14.4. The summed E-state index contributed by atoms with van der Waals surface area (Å²) in [6.45, 7) is 11.8. The number of carbonyl (C=O) groups is 4. The van der Waals surface area contributed by atoms with Crippen LogP contribution < -0.4 is 0 Å². The highest BCUT2D eigenvalue weighted by Gasteiger charge is 2.30. The second kappa shape index (κ2) is 65.7. The second-order valence-corrected chi connectivity index (χ2v) is 31.1. The molecule has 6 atom stereocenters. The topological polar surface area (TPSA) is 237 Å². The first kappa shape index (κ1) is 92.1. The standard InChI is InChI=1S/C75H146O17P2/c1-8-10-11-12-13-14-15-16-17-18-19-20-21-24-28-36-44-51-58-74(79)91-70(62-85-72(77)56-49-42-35-27-25-22-23-26-32-39-46-53-66(3)4)64-89-93(81,82)87-60-69(76)61-88-94(83,84)90-65-71(63-86-73(78)57-50-43-38-31-33-40-47-54-67(5)6)92-75(80)59-52-45-37-30-29-34-41-48-55-68(7)9-2/h66-71,76H,8-65H2,1-7H3,(H,81,82)(H,83,84)/t68?,69-,70-,71-/m1/s1. The lowest BCUT2D eigenvalue weighted by molar-refractivity contribution is -0.161. The predicted octanol–water partition coefficient (Wildman–Crippen LogP) is 21.8. The molecule has 0 aromatic carbocycles. The Hall–Kier alpha value is -1.94. The molecular weight excluding hydrogens is 1230 g/mol. The van der Waals surface area contributed by atoms with E-state index in [1.807, 2.05) is 0 Å². The van der Waals surface area contributed by atoms with Crippen LogP contribution in [0.3, 0.4) is 0 Å². The number of hydrogen-bond acceptors (Lipinski definition) is 15. The third-order valence-electron chi connectivity index (χ3n) is 17.7. The van der Waals surface area contributed by atoms with E-state index < -0.39 is 97.5 Å². The van der Waals surface area contributed by atoms with Gasteiger partial charge in [-0.25, -0.2) is 9.13 Å². The second-order valence-electron chi connectivity index (χ2n) is 28.2. The van der Waals surface area contributed by atoms with Gasteiger partial charge in [0.25, 0.3) is 0 Å². The molecule has 0 amide bonds. The van der Waals surface area contributed by atoms with Gasteiger partial charge in [-0.05, 0) is 43.4 Å². The molecule has 0 bridgehead atoms. The van der Waals surface area contributed by atoms with Gasteiger partial charge in [0.05, 0.1) is 26.4 Å². The van der Waals surface area contributed by atoms with Crippen molar-refractivity contribution in [3.8, 4) is 0 Å². The number of phosphoric ester groups is 2. The Morgan fingerprint density at radius 3 is 0.809 bits per heavy atom. The molecule has 0 aromatic rings. The van der Waals surface area contributed by atoms with E-state index in [9.17, 15) is 43.2 Å². The summed E-state index contributed by atoms with van der Waals surface area (Å²) in [5, 5.41) is 10.6. The van der Waals surface area contributed by atoms with Crippen molar-refractivity contribution < 1.29 is 80.2 Å². The first-order chi connectivity index (χ1) is 45.3. The van der Waals surface area contributed by atoms with E-state index in [0.29, 0.717) is 31.6 Å². The molecule has 3 N–H and O–H groups in total. The minimum Gasteiger partial charge on any atom is -0.462 e. The number of hydrogen-bond donors (Lipinski definition) is 3. The predicted molar refractivity (Wildman–Crippen MR) is 381 cm³/mol. The van der Waals surface area contributed by atoms with Crippen molar-refractivity contribution in [1.29, 1.82) is 0 Å². The summed E-state index contributed by atoms with van der Waals surface area (Å²) in [5.41, 5.74) is 0. The van der Waals surface area contributed by atoms with Gasteiger partial charge in [-0.3, -0.25) is 37.3 Å². The molecule has 0 aliphatic heterocycles. The molecular formula is C75H146O17P2. The Labute approximate surface area is 575 Å². The van der Waals surface area contributed by atoms with Crippen LogP contribution in [0.1, 0.15) is 382 Å². The van der Waals surface area contributed by atoms with Crippen molar-refractivity contribution in [1.82, 2.24) is 0 Å². The molecule has 0 aliphatic carbocycles. The van der Waals surface area contributed by atoms with Gasteiger partial charge >= 0.3 is 39.5 Å². The maximum absolute atomic E-state index is 13.1. The molecule has 0 aliphatic rings. The van der Waals surface area contributed by atoms with Crippen LogP contribution in [0, 0.1) is 17.8 Å². The van der Waals surface area contributed by atoms with Gasteiger partial charge in [0, 0.05) is 25.7 Å². The van der Waals surface area contributed by atoms with Gasteiger partial charge in [-0.2, -0.15) is 0 Å². The summed E-state index contributed by atoms with van der Waals surface area (Å²) >= 11 is 0. The zero-order valence-corrected chi connectivity index (χ0v) is 63.2. The average molecular weight is 1380 g/mol. The third kappa shape index (κ3) is 67.3. The summed E-state index contributed by atoms with van der Waals surface area (Å²) in [7, 11) is -9.91. The van der Waals surface area contributed by atoms with Crippen molar-refractivity contribution in [3.63, 3.8) is 0 Å². The van der Waals surface area contributed by atoms with Gasteiger partial charge in [0.15, 0.2) is 12.2 Å². The van der Waals surface area contributed by atoms with Gasteiger partial charge in [-0.1, -0.05) is 331 Å². The van der Waals surface area contributed by atoms with Gasteiger partial charge in [0.2, 0.25) is 0 Å². The molecule has 94 heavy (non-hydrogen) atoms. The number of ether oxygens (including phenoxy) is 4. The summed E-state index contributed by atoms with van der Waals surface area (Å²) in [6, 6.07) is 0. The largest absolute Gasteiger partial charge is 0.472 e. The molecule has 558 valence electrons. The van der Waals surface area contributed by atoms with Crippen molar-refractivity contribution in [2.45, 2.75) is 401 Å². The molecule has 0 aromatic heterocycles. The third-order valence-corrected chi connectivity index (χ3v) is 19.6. The molecule has 0 saturated heterocycles. The van der Waals surface area contributed by atoms with Crippen LogP contribution in [0.15, 0.2) is 0 Å². The summed E-state index contributed by atoms with van der Waals surface area (Å²) in [5.74, 6) is 0.124. The van der Waals surface area contributed by atoms with Crippen LogP contribution in [0.4, 0.5) is 0 Å². The van der Waals surface area contributed by atoms with Crippen molar-refractivity contribution in [2.75, 3.05) is 39.6 Å². The van der Waals surface area contributed by atoms with E-state index in [1.54, 1.807) is 0 Å². The molecule has 19 heteroatoms. The van der Waals surface area contributed by atoms with Crippen LogP contribution in [0.2, 0.25) is 0 Å². The number of esters is 4. The lowest BCUT2D eigenvalue weighted by Gasteiger charge is -2.21. The summed E-state index contributed by atoms with van der Waals surface area (Å²) in [4.78, 5) is 72.8. The average Bonchev–Trinajstić information content (AvgIpc) is 1.74. The highest BCUT2D eigenvalue weighted by atomic mass is 31.2. The minimum absolute atomic E-state index is 0.104.